The molecule has 2 rings (SSSR count). The molecule has 5 heteroatoms. The molecular formula is C15H30F2N2O. The number of carbonyl (C=O) groups excluding carboxylic acids is 1. The van der Waals surface area contributed by atoms with Gasteiger partial charge >= 0.3 is 0 Å². The Morgan fingerprint density at radius 3 is 2.00 bits per heavy atom. The van der Waals surface area contributed by atoms with Crippen molar-refractivity contribution in [2.24, 2.45) is 0 Å². The van der Waals surface area contributed by atoms with Crippen LogP contribution in [-0.2, 0) is 4.79 Å². The molecule has 1 amide bonds. The number of hydrogen-bond donors (Lipinski definition) is 1. The van der Waals surface area contributed by atoms with Gasteiger partial charge in [-0.05, 0) is 19.8 Å². The van der Waals surface area contributed by atoms with Gasteiger partial charge in [0.1, 0.15) is 0 Å². The van der Waals surface area contributed by atoms with Crippen molar-refractivity contribution in [1.29, 1.82) is 0 Å². The summed E-state index contributed by atoms with van der Waals surface area (Å²) in [5.41, 5.74) is 0. The SMILES string of the molecule is CC.CC.CC(F)(F)CCC(=O)N1C2CCC1CNC2. The monoisotopic (exact) mass is 292 g/mol. The molecule has 2 aliphatic heterocycles. The highest BCUT2D eigenvalue weighted by Gasteiger charge is 2.39. The number of fused-ring (bicyclic) bond motifs is 2. The molecule has 0 radical (unpaired) electrons. The van der Waals surface area contributed by atoms with Crippen LogP contribution in [0.3, 0.4) is 0 Å². The summed E-state index contributed by atoms with van der Waals surface area (Å²) in [5.74, 6) is -2.83. The van der Waals surface area contributed by atoms with Gasteiger partial charge in [0.2, 0.25) is 11.8 Å². The van der Waals surface area contributed by atoms with Crippen molar-refractivity contribution in [3.05, 3.63) is 0 Å². The second-order valence-corrected chi connectivity index (χ2v) is 4.91. The fourth-order valence-electron chi connectivity index (χ4n) is 2.64. The number of hydrogen-bond acceptors (Lipinski definition) is 2. The van der Waals surface area contributed by atoms with Crippen LogP contribution >= 0.6 is 0 Å². The molecule has 2 saturated heterocycles. The maximum Gasteiger partial charge on any atom is 0.245 e. The van der Waals surface area contributed by atoms with E-state index >= 15 is 0 Å². The summed E-state index contributed by atoms with van der Waals surface area (Å²) >= 11 is 0. The minimum atomic E-state index is -2.73. The summed E-state index contributed by atoms with van der Waals surface area (Å²) in [6.45, 7) is 10.5. The quantitative estimate of drug-likeness (QED) is 0.864. The van der Waals surface area contributed by atoms with Crippen molar-refractivity contribution in [3.8, 4) is 0 Å². The first kappa shape index (κ1) is 19.3. The van der Waals surface area contributed by atoms with Crippen LogP contribution in [0.4, 0.5) is 8.78 Å². The van der Waals surface area contributed by atoms with Gasteiger partial charge in [-0.25, -0.2) is 8.78 Å². The van der Waals surface area contributed by atoms with Gasteiger partial charge in [0, 0.05) is 38.0 Å². The number of piperazine rings is 1. The number of nitrogens with zero attached hydrogens (tertiary/aromatic N) is 1. The average Bonchev–Trinajstić information content (AvgIpc) is 2.69. The fraction of sp³-hybridized carbons (Fsp3) is 0.933. The number of alkyl halides is 2. The molecular weight excluding hydrogens is 262 g/mol. The summed E-state index contributed by atoms with van der Waals surface area (Å²) in [7, 11) is 0. The Balaban J connectivity index is 0.000000829. The van der Waals surface area contributed by atoms with Crippen LogP contribution < -0.4 is 5.32 Å². The maximum absolute atomic E-state index is 12.7. The summed E-state index contributed by atoms with van der Waals surface area (Å²) in [5, 5.41) is 3.26. The van der Waals surface area contributed by atoms with E-state index in [2.05, 4.69) is 5.32 Å². The average molecular weight is 292 g/mol. The molecule has 0 spiro atoms. The number of carbonyl (C=O) groups is 1. The molecule has 1 N–H and O–H groups in total. The van der Waals surface area contributed by atoms with Crippen molar-refractivity contribution in [3.63, 3.8) is 0 Å². The summed E-state index contributed by atoms with van der Waals surface area (Å²) < 4.78 is 25.4. The first-order chi connectivity index (χ1) is 9.47. The molecule has 2 unspecified atom stereocenters. The number of halogens is 2. The van der Waals surface area contributed by atoms with Gasteiger partial charge in [-0.15, -0.1) is 0 Å². The zero-order chi connectivity index (χ0) is 15.8. The molecule has 2 bridgehead atoms. The molecule has 0 aliphatic carbocycles. The number of amides is 1. The molecule has 0 aromatic rings. The van der Waals surface area contributed by atoms with Crippen molar-refractivity contribution < 1.29 is 13.6 Å². The topological polar surface area (TPSA) is 32.3 Å². The molecule has 0 aromatic heterocycles. The van der Waals surface area contributed by atoms with Gasteiger partial charge in [0.15, 0.2) is 0 Å². The van der Waals surface area contributed by atoms with E-state index in [4.69, 9.17) is 0 Å². The van der Waals surface area contributed by atoms with Gasteiger partial charge in [-0.3, -0.25) is 4.79 Å². The lowest BCUT2D eigenvalue weighted by Crippen LogP contribution is -2.54. The molecule has 120 valence electrons. The molecule has 0 aromatic carbocycles. The zero-order valence-electron chi connectivity index (χ0n) is 13.5. The minimum Gasteiger partial charge on any atom is -0.334 e. The predicted octanol–water partition coefficient (Wildman–Crippen LogP) is 3.44. The highest BCUT2D eigenvalue weighted by molar-refractivity contribution is 5.77. The molecule has 2 atom stereocenters. The van der Waals surface area contributed by atoms with E-state index in [0.717, 1.165) is 32.9 Å². The van der Waals surface area contributed by atoms with Crippen molar-refractivity contribution in [2.75, 3.05) is 13.1 Å². The van der Waals surface area contributed by atoms with Crippen molar-refractivity contribution >= 4 is 5.91 Å². The van der Waals surface area contributed by atoms with E-state index in [1.54, 1.807) is 0 Å². The lowest BCUT2D eigenvalue weighted by molar-refractivity contribution is -0.136. The maximum atomic E-state index is 12.7. The Kier molecular flexibility index (Phi) is 8.94. The smallest absolute Gasteiger partial charge is 0.245 e. The van der Waals surface area contributed by atoms with Gasteiger partial charge in [0.25, 0.3) is 0 Å². The highest BCUT2D eigenvalue weighted by atomic mass is 19.3. The number of nitrogens with one attached hydrogen (secondary N) is 1. The largest absolute Gasteiger partial charge is 0.334 e. The van der Waals surface area contributed by atoms with Gasteiger partial charge in [-0.2, -0.15) is 0 Å². The molecule has 0 saturated carbocycles. The standard InChI is InChI=1S/C11H18F2N2O.2C2H6/c1-11(12,13)5-4-10(16)15-8-2-3-9(15)7-14-6-8;2*1-2/h8-9,14H,2-7H2,1H3;2*1-2H3. The van der Waals surface area contributed by atoms with Crippen LogP contribution in [-0.4, -0.2) is 41.9 Å². The molecule has 2 aliphatic rings. The Morgan fingerprint density at radius 2 is 1.60 bits per heavy atom. The van der Waals surface area contributed by atoms with Gasteiger partial charge in [-0.1, -0.05) is 27.7 Å². The van der Waals surface area contributed by atoms with Crippen LogP contribution in [0.25, 0.3) is 0 Å². The van der Waals surface area contributed by atoms with E-state index in [1.807, 2.05) is 32.6 Å². The predicted molar refractivity (Wildman–Crippen MR) is 79.1 cm³/mol. The van der Waals surface area contributed by atoms with E-state index in [9.17, 15) is 13.6 Å². The molecule has 2 fully saturated rings. The highest BCUT2D eigenvalue weighted by Crippen LogP contribution is 2.28. The van der Waals surface area contributed by atoms with Crippen LogP contribution in [0, 0.1) is 0 Å². The summed E-state index contributed by atoms with van der Waals surface area (Å²) in [6, 6.07) is 0.466. The van der Waals surface area contributed by atoms with Crippen molar-refractivity contribution in [2.45, 2.75) is 78.3 Å². The Hall–Kier alpha value is -0.710. The number of rotatable bonds is 3. The second-order valence-electron chi connectivity index (χ2n) is 4.91. The van der Waals surface area contributed by atoms with Gasteiger partial charge in [0.05, 0.1) is 0 Å². The molecule has 2 heterocycles. The first-order valence-electron chi connectivity index (χ1n) is 7.87. The normalized spacial score (nSPS) is 24.2. The third-order valence-corrected chi connectivity index (χ3v) is 3.45. The Morgan fingerprint density at radius 1 is 1.15 bits per heavy atom. The minimum absolute atomic E-state index is 0.0312. The van der Waals surface area contributed by atoms with Crippen molar-refractivity contribution in [1.82, 2.24) is 10.2 Å². The van der Waals surface area contributed by atoms with Crippen LogP contribution in [0.1, 0.15) is 60.3 Å². The zero-order valence-corrected chi connectivity index (χ0v) is 13.5. The second kappa shape index (κ2) is 9.27. The third-order valence-electron chi connectivity index (χ3n) is 3.45. The first-order valence-corrected chi connectivity index (χ1v) is 7.87. The summed E-state index contributed by atoms with van der Waals surface area (Å²) in [6.07, 6.45) is 1.64. The Labute approximate surface area is 122 Å². The van der Waals surface area contributed by atoms with Crippen LogP contribution in [0.2, 0.25) is 0 Å². The van der Waals surface area contributed by atoms with E-state index in [1.165, 1.54) is 0 Å². The lowest BCUT2D eigenvalue weighted by atomic mass is 10.1. The van der Waals surface area contributed by atoms with E-state index in [0.29, 0.717) is 0 Å². The van der Waals surface area contributed by atoms with E-state index in [-0.39, 0.29) is 30.8 Å². The fourth-order valence-corrected chi connectivity index (χ4v) is 2.64. The van der Waals surface area contributed by atoms with Gasteiger partial charge < -0.3 is 10.2 Å². The third kappa shape index (κ3) is 5.73. The Bertz CT molecular complexity index is 264. The van der Waals surface area contributed by atoms with E-state index < -0.39 is 5.92 Å². The molecule has 3 nitrogen and oxygen atoms in total. The van der Waals surface area contributed by atoms with Crippen LogP contribution in [0.15, 0.2) is 0 Å². The molecule has 20 heavy (non-hydrogen) atoms. The lowest BCUT2D eigenvalue weighted by Gasteiger charge is -2.35. The van der Waals surface area contributed by atoms with Crippen LogP contribution in [0.5, 0.6) is 0 Å². The summed E-state index contributed by atoms with van der Waals surface area (Å²) in [4.78, 5) is 13.7.